The maximum Gasteiger partial charge on any atom is 0.232 e. The van der Waals surface area contributed by atoms with Gasteiger partial charge in [0.05, 0.1) is 6.10 Å². The lowest BCUT2D eigenvalue weighted by molar-refractivity contribution is -0.0119. The van der Waals surface area contributed by atoms with Gasteiger partial charge in [-0.25, -0.2) is 4.98 Å². The third-order valence-corrected chi connectivity index (χ3v) is 3.39. The number of nitrogens with zero attached hydrogens (tertiary/aromatic N) is 1. The minimum absolute atomic E-state index is 0.174. The third kappa shape index (κ3) is 4.64. The van der Waals surface area contributed by atoms with Crippen molar-refractivity contribution in [3.05, 3.63) is 22.8 Å². The fraction of sp³-hybridized carbons (Fsp3) is 0.643. The van der Waals surface area contributed by atoms with Crippen molar-refractivity contribution >= 4 is 11.6 Å². The van der Waals surface area contributed by atoms with E-state index in [0.29, 0.717) is 17.5 Å². The van der Waals surface area contributed by atoms with Gasteiger partial charge in [0.15, 0.2) is 0 Å². The summed E-state index contributed by atoms with van der Waals surface area (Å²) in [5.41, 5.74) is 1.06. The smallest absolute Gasteiger partial charge is 0.232 e. The monoisotopic (exact) mass is 284 g/mol. The molecular weight excluding hydrogens is 264 g/mol. The van der Waals surface area contributed by atoms with Crippen molar-refractivity contribution in [1.29, 1.82) is 0 Å². The summed E-state index contributed by atoms with van der Waals surface area (Å²) in [7, 11) is 0. The van der Waals surface area contributed by atoms with Gasteiger partial charge in [0.1, 0.15) is 11.6 Å². The van der Waals surface area contributed by atoms with Crippen LogP contribution < -0.4 is 10.1 Å². The van der Waals surface area contributed by atoms with Crippen LogP contribution in [0.4, 0.5) is 0 Å². The van der Waals surface area contributed by atoms with E-state index in [2.05, 4.69) is 17.2 Å². The maximum absolute atomic E-state index is 6.17. The summed E-state index contributed by atoms with van der Waals surface area (Å²) in [6.45, 7) is 5.12. The molecule has 1 aromatic heterocycles. The molecule has 0 saturated carbocycles. The number of pyridine rings is 1. The van der Waals surface area contributed by atoms with E-state index in [1.807, 2.05) is 6.07 Å². The quantitative estimate of drug-likeness (QED) is 0.872. The summed E-state index contributed by atoms with van der Waals surface area (Å²) in [6, 6.07) is 1.90. The second kappa shape index (κ2) is 7.68. The summed E-state index contributed by atoms with van der Waals surface area (Å²) in [5.74, 6) is 0.496. The zero-order valence-corrected chi connectivity index (χ0v) is 12.1. The molecule has 1 unspecified atom stereocenters. The molecule has 2 heterocycles. The largest absolute Gasteiger partial charge is 0.474 e. The predicted molar refractivity (Wildman–Crippen MR) is 75.7 cm³/mol. The first-order chi connectivity index (χ1) is 9.29. The van der Waals surface area contributed by atoms with Crippen molar-refractivity contribution in [2.45, 2.75) is 38.8 Å². The number of aromatic nitrogens is 1. The van der Waals surface area contributed by atoms with Crippen molar-refractivity contribution in [2.75, 3.05) is 19.8 Å². The van der Waals surface area contributed by atoms with Gasteiger partial charge in [-0.2, -0.15) is 0 Å². The summed E-state index contributed by atoms with van der Waals surface area (Å²) in [5, 5.41) is 3.80. The molecule has 0 bridgehead atoms. The topological polar surface area (TPSA) is 43.4 Å². The molecule has 0 aliphatic carbocycles. The van der Waals surface area contributed by atoms with Crippen LogP contribution >= 0.6 is 11.6 Å². The Kier molecular flexibility index (Phi) is 5.89. The van der Waals surface area contributed by atoms with Crippen LogP contribution in [0.1, 0.15) is 31.7 Å². The average molecular weight is 285 g/mol. The van der Waals surface area contributed by atoms with Gasteiger partial charge >= 0.3 is 0 Å². The van der Waals surface area contributed by atoms with Crippen molar-refractivity contribution in [3.63, 3.8) is 0 Å². The van der Waals surface area contributed by atoms with E-state index in [4.69, 9.17) is 21.1 Å². The average Bonchev–Trinajstić information content (AvgIpc) is 2.45. The number of hydrogen-bond donors (Lipinski definition) is 1. The van der Waals surface area contributed by atoms with Gasteiger partial charge in [-0.1, -0.05) is 18.5 Å². The van der Waals surface area contributed by atoms with Gasteiger partial charge in [-0.05, 0) is 37.4 Å². The molecule has 0 spiro atoms. The van der Waals surface area contributed by atoms with Crippen LogP contribution in [0.2, 0.25) is 5.02 Å². The fourth-order valence-electron chi connectivity index (χ4n) is 2.05. The first kappa shape index (κ1) is 14.6. The molecule has 4 nitrogen and oxygen atoms in total. The standard InChI is InChI=1S/C14H21ClN2O2/c1-2-16-8-11-7-13(15)14(17-9-11)19-10-12-5-3-4-6-18-12/h7,9,12,16H,2-6,8,10H2,1H3. The van der Waals surface area contributed by atoms with Crippen LogP contribution in [0.3, 0.4) is 0 Å². The van der Waals surface area contributed by atoms with Crippen LogP contribution in [0.5, 0.6) is 5.88 Å². The molecule has 0 radical (unpaired) electrons. The molecular formula is C14H21ClN2O2. The van der Waals surface area contributed by atoms with E-state index in [-0.39, 0.29) is 6.10 Å². The summed E-state index contributed by atoms with van der Waals surface area (Å²) in [4.78, 5) is 4.27. The first-order valence-corrected chi connectivity index (χ1v) is 7.27. The lowest BCUT2D eigenvalue weighted by Crippen LogP contribution is -2.26. The van der Waals surface area contributed by atoms with Gasteiger partial charge in [-0.3, -0.25) is 0 Å². The van der Waals surface area contributed by atoms with Gasteiger partial charge in [0.25, 0.3) is 0 Å². The predicted octanol–water partition coefficient (Wildman–Crippen LogP) is 2.79. The van der Waals surface area contributed by atoms with Gasteiger partial charge < -0.3 is 14.8 Å². The molecule has 1 N–H and O–H groups in total. The van der Waals surface area contributed by atoms with Crippen LogP contribution in [-0.4, -0.2) is 30.8 Å². The maximum atomic E-state index is 6.17. The molecule has 0 aromatic carbocycles. The third-order valence-electron chi connectivity index (χ3n) is 3.12. The van der Waals surface area contributed by atoms with E-state index in [1.54, 1.807) is 6.20 Å². The number of rotatable bonds is 6. The Labute approximate surface area is 119 Å². The molecule has 1 aliphatic rings. The highest BCUT2D eigenvalue weighted by Crippen LogP contribution is 2.23. The summed E-state index contributed by atoms with van der Waals surface area (Å²) in [6.07, 6.45) is 5.38. The Morgan fingerprint density at radius 1 is 1.53 bits per heavy atom. The second-order valence-corrected chi connectivity index (χ2v) is 5.12. The van der Waals surface area contributed by atoms with Crippen molar-refractivity contribution in [2.24, 2.45) is 0 Å². The fourth-order valence-corrected chi connectivity index (χ4v) is 2.29. The number of ether oxygens (including phenoxy) is 2. The Morgan fingerprint density at radius 2 is 2.42 bits per heavy atom. The molecule has 0 amide bonds. The number of hydrogen-bond acceptors (Lipinski definition) is 4. The first-order valence-electron chi connectivity index (χ1n) is 6.89. The zero-order chi connectivity index (χ0) is 13.5. The Bertz CT molecular complexity index is 395. The number of nitrogens with one attached hydrogen (secondary N) is 1. The highest BCUT2D eigenvalue weighted by atomic mass is 35.5. The van der Waals surface area contributed by atoms with Crippen molar-refractivity contribution in [3.8, 4) is 5.88 Å². The molecule has 106 valence electrons. The number of halogens is 1. The van der Waals surface area contributed by atoms with Crippen LogP contribution in [0, 0.1) is 0 Å². The van der Waals surface area contributed by atoms with Gasteiger partial charge in [0.2, 0.25) is 5.88 Å². The lowest BCUT2D eigenvalue weighted by Gasteiger charge is -2.22. The molecule has 1 aliphatic heterocycles. The summed E-state index contributed by atoms with van der Waals surface area (Å²) < 4.78 is 11.3. The SMILES string of the molecule is CCNCc1cnc(OCC2CCCCO2)c(Cl)c1. The van der Waals surface area contributed by atoms with Crippen LogP contribution in [0.25, 0.3) is 0 Å². The molecule has 2 rings (SSSR count). The highest BCUT2D eigenvalue weighted by molar-refractivity contribution is 6.31. The van der Waals surface area contributed by atoms with E-state index in [0.717, 1.165) is 38.1 Å². The second-order valence-electron chi connectivity index (χ2n) is 4.71. The van der Waals surface area contributed by atoms with E-state index in [1.165, 1.54) is 6.42 Å². The molecule has 1 saturated heterocycles. The molecule has 1 aromatic rings. The Morgan fingerprint density at radius 3 is 3.11 bits per heavy atom. The van der Waals surface area contributed by atoms with Crippen LogP contribution in [-0.2, 0) is 11.3 Å². The van der Waals surface area contributed by atoms with Crippen molar-refractivity contribution in [1.82, 2.24) is 10.3 Å². The lowest BCUT2D eigenvalue weighted by atomic mass is 10.1. The van der Waals surface area contributed by atoms with Crippen molar-refractivity contribution < 1.29 is 9.47 Å². The van der Waals surface area contributed by atoms with Crippen LogP contribution in [0.15, 0.2) is 12.3 Å². The minimum Gasteiger partial charge on any atom is -0.474 e. The van der Waals surface area contributed by atoms with Gasteiger partial charge in [0, 0.05) is 19.3 Å². The molecule has 19 heavy (non-hydrogen) atoms. The highest BCUT2D eigenvalue weighted by Gasteiger charge is 2.15. The summed E-state index contributed by atoms with van der Waals surface area (Å²) >= 11 is 6.17. The molecule has 1 atom stereocenters. The normalized spacial score (nSPS) is 19.4. The Hall–Kier alpha value is -0.840. The molecule has 1 fully saturated rings. The zero-order valence-electron chi connectivity index (χ0n) is 11.3. The van der Waals surface area contributed by atoms with E-state index < -0.39 is 0 Å². The minimum atomic E-state index is 0.174. The molecule has 5 heteroatoms. The van der Waals surface area contributed by atoms with Gasteiger partial charge in [-0.15, -0.1) is 0 Å². The van der Waals surface area contributed by atoms with E-state index in [9.17, 15) is 0 Å². The Balaban J connectivity index is 1.85. The van der Waals surface area contributed by atoms with E-state index >= 15 is 0 Å².